The summed E-state index contributed by atoms with van der Waals surface area (Å²) in [5, 5.41) is 2.94. The fourth-order valence-corrected chi connectivity index (χ4v) is 3.94. The fraction of sp³-hybridized carbons (Fsp3) is 0.435. The van der Waals surface area contributed by atoms with Crippen LogP contribution in [0.25, 0.3) is 0 Å². The van der Waals surface area contributed by atoms with E-state index in [4.69, 9.17) is 9.47 Å². The van der Waals surface area contributed by atoms with Gasteiger partial charge in [0.1, 0.15) is 12.4 Å². The molecule has 0 aliphatic carbocycles. The van der Waals surface area contributed by atoms with Crippen LogP contribution in [0, 0.1) is 0 Å². The molecule has 1 aliphatic heterocycles. The average molecular weight is 415 g/mol. The van der Waals surface area contributed by atoms with E-state index in [1.54, 1.807) is 11.8 Å². The van der Waals surface area contributed by atoms with E-state index in [0.29, 0.717) is 13.2 Å². The van der Waals surface area contributed by atoms with Crippen LogP contribution in [0.2, 0.25) is 0 Å². The monoisotopic (exact) mass is 414 g/mol. The van der Waals surface area contributed by atoms with Crippen LogP contribution in [0.15, 0.2) is 54.6 Å². The Morgan fingerprint density at radius 1 is 1.14 bits per heavy atom. The van der Waals surface area contributed by atoms with Gasteiger partial charge in [0.25, 0.3) is 0 Å². The van der Waals surface area contributed by atoms with Crippen molar-refractivity contribution in [1.82, 2.24) is 10.2 Å². The molecule has 1 saturated heterocycles. The second-order valence-corrected chi connectivity index (χ2v) is 8.44. The number of carbonyl (C=O) groups is 1. The van der Waals surface area contributed by atoms with Gasteiger partial charge in [0.15, 0.2) is 0 Å². The van der Waals surface area contributed by atoms with Gasteiger partial charge in [0.05, 0.1) is 18.5 Å². The third kappa shape index (κ3) is 7.72. The van der Waals surface area contributed by atoms with Crippen LogP contribution in [0.1, 0.15) is 18.1 Å². The van der Waals surface area contributed by atoms with E-state index in [-0.39, 0.29) is 11.2 Å². The molecule has 0 bridgehead atoms. The molecule has 0 radical (unpaired) electrons. The van der Waals surface area contributed by atoms with E-state index in [0.717, 1.165) is 49.9 Å². The Bertz CT molecular complexity index is 751. The highest BCUT2D eigenvalue weighted by Crippen LogP contribution is 2.18. The zero-order valence-corrected chi connectivity index (χ0v) is 17.8. The number of rotatable bonds is 10. The molecule has 1 atom stereocenters. The van der Waals surface area contributed by atoms with Crippen molar-refractivity contribution in [2.24, 2.45) is 0 Å². The van der Waals surface area contributed by atoms with Crippen molar-refractivity contribution >= 4 is 17.7 Å². The van der Waals surface area contributed by atoms with Crippen LogP contribution in [0.4, 0.5) is 0 Å². The quantitative estimate of drug-likeness (QED) is 0.646. The number of nitrogens with zero attached hydrogens (tertiary/aromatic N) is 1. The highest BCUT2D eigenvalue weighted by molar-refractivity contribution is 7.99. The molecule has 1 heterocycles. The first-order valence-corrected chi connectivity index (χ1v) is 11.2. The summed E-state index contributed by atoms with van der Waals surface area (Å²) in [6.07, 6.45) is 0. The van der Waals surface area contributed by atoms with Gasteiger partial charge in [-0.3, -0.25) is 9.69 Å². The maximum atomic E-state index is 12.4. The normalized spacial score (nSPS) is 15.6. The molecule has 3 rings (SSSR count). The van der Waals surface area contributed by atoms with E-state index in [1.807, 2.05) is 49.4 Å². The summed E-state index contributed by atoms with van der Waals surface area (Å²) in [4.78, 5) is 14.7. The van der Waals surface area contributed by atoms with Crippen LogP contribution >= 0.6 is 11.8 Å². The molecule has 2 aromatic carbocycles. The lowest BCUT2D eigenvalue weighted by atomic mass is 10.2. The second-order valence-electron chi connectivity index (χ2n) is 7.11. The number of hydrogen-bond acceptors (Lipinski definition) is 5. The molecule has 1 unspecified atom stereocenters. The molecule has 0 saturated carbocycles. The van der Waals surface area contributed by atoms with E-state index in [1.165, 1.54) is 5.56 Å². The van der Waals surface area contributed by atoms with E-state index < -0.39 is 0 Å². The standard InChI is InChI=1S/C23H30N2O3S/c1-19(29-18-20-6-3-2-4-7-20)23(26)24-17-21-8-5-9-22(16-21)28-15-12-25-10-13-27-14-11-25/h2-9,16,19H,10-15,17-18H2,1H3,(H,24,26). The minimum absolute atomic E-state index is 0.0598. The van der Waals surface area contributed by atoms with Gasteiger partial charge >= 0.3 is 0 Å². The number of amides is 1. The highest BCUT2D eigenvalue weighted by Gasteiger charge is 2.13. The molecule has 0 aromatic heterocycles. The van der Waals surface area contributed by atoms with Crippen molar-refractivity contribution in [3.8, 4) is 5.75 Å². The third-order valence-electron chi connectivity index (χ3n) is 4.86. The Balaban J connectivity index is 1.38. The summed E-state index contributed by atoms with van der Waals surface area (Å²) < 4.78 is 11.3. The summed E-state index contributed by atoms with van der Waals surface area (Å²) in [6.45, 7) is 7.56. The number of hydrogen-bond donors (Lipinski definition) is 1. The highest BCUT2D eigenvalue weighted by atomic mass is 32.2. The molecule has 29 heavy (non-hydrogen) atoms. The van der Waals surface area contributed by atoms with Crippen molar-refractivity contribution in [2.45, 2.75) is 24.5 Å². The van der Waals surface area contributed by atoms with Gasteiger partial charge in [-0.05, 0) is 30.2 Å². The van der Waals surface area contributed by atoms with Crippen molar-refractivity contribution in [2.75, 3.05) is 39.5 Å². The molecule has 1 aliphatic rings. The SMILES string of the molecule is CC(SCc1ccccc1)C(=O)NCc1cccc(OCCN2CCOCC2)c1. The topological polar surface area (TPSA) is 50.8 Å². The van der Waals surface area contributed by atoms with Gasteiger partial charge in [-0.1, -0.05) is 42.5 Å². The molecule has 156 valence electrons. The lowest BCUT2D eigenvalue weighted by Gasteiger charge is -2.26. The Labute approximate surface area is 177 Å². The molecular weight excluding hydrogens is 384 g/mol. The number of benzene rings is 2. The number of thioether (sulfide) groups is 1. The van der Waals surface area contributed by atoms with E-state index in [9.17, 15) is 4.79 Å². The van der Waals surface area contributed by atoms with Crippen LogP contribution in [-0.2, 0) is 21.8 Å². The minimum atomic E-state index is -0.0943. The van der Waals surface area contributed by atoms with Crippen molar-refractivity contribution in [3.63, 3.8) is 0 Å². The molecule has 6 heteroatoms. The van der Waals surface area contributed by atoms with Crippen LogP contribution in [0.3, 0.4) is 0 Å². The number of nitrogens with one attached hydrogen (secondary N) is 1. The molecular formula is C23H30N2O3S. The number of ether oxygens (including phenoxy) is 2. The van der Waals surface area contributed by atoms with Crippen LogP contribution in [0.5, 0.6) is 5.75 Å². The number of carbonyl (C=O) groups excluding carboxylic acids is 1. The molecule has 1 amide bonds. The number of morpholine rings is 1. The van der Waals surface area contributed by atoms with E-state index >= 15 is 0 Å². The predicted octanol–water partition coefficient (Wildman–Crippen LogP) is 3.34. The molecule has 5 nitrogen and oxygen atoms in total. The first-order chi connectivity index (χ1) is 14.2. The predicted molar refractivity (Wildman–Crippen MR) is 118 cm³/mol. The molecule has 2 aromatic rings. The lowest BCUT2D eigenvalue weighted by molar-refractivity contribution is -0.120. The van der Waals surface area contributed by atoms with Crippen molar-refractivity contribution in [3.05, 3.63) is 65.7 Å². The molecule has 1 fully saturated rings. The van der Waals surface area contributed by atoms with Crippen LogP contribution < -0.4 is 10.1 Å². The maximum absolute atomic E-state index is 12.4. The van der Waals surface area contributed by atoms with Gasteiger partial charge in [-0.15, -0.1) is 11.8 Å². The Morgan fingerprint density at radius 2 is 1.90 bits per heavy atom. The molecule has 0 spiro atoms. The van der Waals surface area contributed by atoms with Gasteiger partial charge in [0, 0.05) is 31.9 Å². The zero-order valence-electron chi connectivity index (χ0n) is 17.0. The summed E-state index contributed by atoms with van der Waals surface area (Å²) in [7, 11) is 0. The van der Waals surface area contributed by atoms with Gasteiger partial charge in [-0.25, -0.2) is 0 Å². The van der Waals surface area contributed by atoms with Gasteiger partial charge in [0.2, 0.25) is 5.91 Å². The Hall–Kier alpha value is -2.02. The van der Waals surface area contributed by atoms with Crippen molar-refractivity contribution < 1.29 is 14.3 Å². The summed E-state index contributed by atoms with van der Waals surface area (Å²) >= 11 is 1.65. The first kappa shape index (κ1) is 21.7. The molecule has 1 N–H and O–H groups in total. The summed E-state index contributed by atoms with van der Waals surface area (Å²) in [5.74, 6) is 1.74. The minimum Gasteiger partial charge on any atom is -0.492 e. The fourth-order valence-electron chi connectivity index (χ4n) is 3.07. The van der Waals surface area contributed by atoms with Crippen LogP contribution in [-0.4, -0.2) is 55.5 Å². The average Bonchev–Trinajstić information content (AvgIpc) is 2.77. The zero-order chi connectivity index (χ0) is 20.3. The third-order valence-corrected chi connectivity index (χ3v) is 6.07. The smallest absolute Gasteiger partial charge is 0.233 e. The van der Waals surface area contributed by atoms with E-state index in [2.05, 4.69) is 22.3 Å². The lowest BCUT2D eigenvalue weighted by Crippen LogP contribution is -2.38. The second kappa shape index (κ2) is 11.9. The Kier molecular flexibility index (Phi) is 8.86. The summed E-state index contributed by atoms with van der Waals surface area (Å²) in [5.41, 5.74) is 2.28. The largest absolute Gasteiger partial charge is 0.492 e. The van der Waals surface area contributed by atoms with Crippen molar-refractivity contribution in [1.29, 1.82) is 0 Å². The van der Waals surface area contributed by atoms with Gasteiger partial charge in [-0.2, -0.15) is 0 Å². The summed E-state index contributed by atoms with van der Waals surface area (Å²) in [6, 6.07) is 18.2. The maximum Gasteiger partial charge on any atom is 0.233 e. The van der Waals surface area contributed by atoms with Gasteiger partial charge < -0.3 is 14.8 Å². The first-order valence-electron chi connectivity index (χ1n) is 10.2. The Morgan fingerprint density at radius 3 is 2.69 bits per heavy atom.